The first-order valence-corrected chi connectivity index (χ1v) is 6.46. The average Bonchev–Trinajstić information content (AvgIpc) is 2.79. The third kappa shape index (κ3) is 2.27. The van der Waals surface area contributed by atoms with Crippen LogP contribution in [-0.4, -0.2) is 21.0 Å². The van der Waals surface area contributed by atoms with Crippen molar-refractivity contribution in [1.29, 1.82) is 0 Å². The van der Waals surface area contributed by atoms with Gasteiger partial charge < -0.3 is 10.1 Å². The molecule has 2 aromatic carbocycles. The van der Waals surface area contributed by atoms with Crippen LogP contribution in [0.1, 0.15) is 21.5 Å². The van der Waals surface area contributed by atoms with E-state index in [9.17, 15) is 9.18 Å². The molecule has 5 heteroatoms. The third-order valence-electron chi connectivity index (χ3n) is 3.44. The number of aryl methyl sites for hydroxylation is 2. The molecule has 0 amide bonds. The number of benzene rings is 2. The van der Waals surface area contributed by atoms with Gasteiger partial charge in [-0.15, -0.1) is 0 Å². The first kappa shape index (κ1) is 13.3. The zero-order valence-corrected chi connectivity index (χ0v) is 11.6. The number of carboxylic acids is 1. The molecule has 21 heavy (non-hydrogen) atoms. The lowest BCUT2D eigenvalue weighted by atomic mass is 10.1. The van der Waals surface area contributed by atoms with Crippen LogP contribution in [0, 0.1) is 19.7 Å². The second kappa shape index (κ2) is 4.70. The van der Waals surface area contributed by atoms with Crippen LogP contribution in [0.25, 0.3) is 22.4 Å². The number of aromatic nitrogens is 2. The van der Waals surface area contributed by atoms with E-state index in [0.29, 0.717) is 16.9 Å². The van der Waals surface area contributed by atoms with Gasteiger partial charge in [-0.1, -0.05) is 23.8 Å². The number of hydrogen-bond acceptors (Lipinski definition) is 2. The molecule has 1 heterocycles. The minimum absolute atomic E-state index is 0.374. The van der Waals surface area contributed by atoms with Crippen molar-refractivity contribution in [2.75, 3.05) is 0 Å². The zero-order chi connectivity index (χ0) is 15.1. The van der Waals surface area contributed by atoms with Gasteiger partial charge in [0.15, 0.2) is 0 Å². The summed E-state index contributed by atoms with van der Waals surface area (Å²) in [6.45, 7) is 3.97. The number of carboxylic acid groups (broad SMARTS) is 1. The molecule has 0 spiro atoms. The predicted octanol–water partition coefficient (Wildman–Crippen LogP) is 3.68. The molecule has 3 aromatic rings. The maximum atomic E-state index is 13.7. The largest absolute Gasteiger partial charge is 0.478 e. The molecule has 106 valence electrons. The molecule has 0 fully saturated rings. The van der Waals surface area contributed by atoms with E-state index in [4.69, 9.17) is 5.11 Å². The van der Waals surface area contributed by atoms with Gasteiger partial charge in [0.05, 0.1) is 16.6 Å². The maximum Gasteiger partial charge on any atom is 0.338 e. The Balaban J connectivity index is 2.19. The molecule has 1 aromatic heterocycles. The molecule has 2 N–H and O–H groups in total. The first-order chi connectivity index (χ1) is 9.95. The Morgan fingerprint density at radius 2 is 2.00 bits per heavy atom. The summed E-state index contributed by atoms with van der Waals surface area (Å²) < 4.78 is 13.7. The first-order valence-electron chi connectivity index (χ1n) is 6.46. The van der Waals surface area contributed by atoms with Gasteiger partial charge in [-0.2, -0.15) is 0 Å². The number of aromatic amines is 1. The van der Waals surface area contributed by atoms with Crippen LogP contribution in [0.2, 0.25) is 0 Å². The number of H-pyrrole nitrogens is 1. The van der Waals surface area contributed by atoms with E-state index in [1.165, 1.54) is 12.1 Å². The van der Waals surface area contributed by atoms with Gasteiger partial charge in [0.1, 0.15) is 11.6 Å². The van der Waals surface area contributed by atoms with E-state index in [1.807, 2.05) is 32.0 Å². The lowest BCUT2D eigenvalue weighted by Gasteiger charge is -2.03. The number of hydrogen-bond donors (Lipinski definition) is 2. The molecule has 0 aliphatic heterocycles. The summed E-state index contributed by atoms with van der Waals surface area (Å²) in [5.41, 5.74) is 3.64. The number of carbonyl (C=O) groups is 1. The topological polar surface area (TPSA) is 66.0 Å². The fourth-order valence-corrected chi connectivity index (χ4v) is 2.40. The Hall–Kier alpha value is -2.69. The standard InChI is InChI=1S/C16H13FN2O2/c1-8-3-4-10(9(2)5-8)15-18-13-6-11(16(20)21)12(17)7-14(13)19-15/h3-7H,1-2H3,(H,18,19)(H,20,21). The lowest BCUT2D eigenvalue weighted by Crippen LogP contribution is -1.99. The molecular weight excluding hydrogens is 271 g/mol. The van der Waals surface area contributed by atoms with Crippen molar-refractivity contribution < 1.29 is 14.3 Å². The highest BCUT2D eigenvalue weighted by molar-refractivity contribution is 5.93. The number of rotatable bonds is 2. The van der Waals surface area contributed by atoms with Gasteiger partial charge in [-0.3, -0.25) is 0 Å². The number of aromatic carboxylic acids is 1. The number of nitrogens with zero attached hydrogens (tertiary/aromatic N) is 1. The summed E-state index contributed by atoms with van der Waals surface area (Å²) >= 11 is 0. The highest BCUT2D eigenvalue weighted by Crippen LogP contribution is 2.25. The Morgan fingerprint density at radius 3 is 2.67 bits per heavy atom. The normalized spacial score (nSPS) is 11.0. The molecular formula is C16H13FN2O2. The molecule has 0 aliphatic rings. The van der Waals surface area contributed by atoms with Crippen molar-refractivity contribution in [1.82, 2.24) is 9.97 Å². The van der Waals surface area contributed by atoms with E-state index in [0.717, 1.165) is 16.7 Å². The van der Waals surface area contributed by atoms with E-state index >= 15 is 0 Å². The molecule has 0 saturated carbocycles. The zero-order valence-electron chi connectivity index (χ0n) is 11.6. The molecule has 0 unspecified atom stereocenters. The molecule has 0 atom stereocenters. The second-order valence-electron chi connectivity index (χ2n) is 5.06. The summed E-state index contributed by atoms with van der Waals surface area (Å²) in [5.74, 6) is -1.47. The fourth-order valence-electron chi connectivity index (χ4n) is 2.40. The van der Waals surface area contributed by atoms with Gasteiger partial charge in [0.25, 0.3) is 0 Å². The van der Waals surface area contributed by atoms with Crippen molar-refractivity contribution in [3.63, 3.8) is 0 Å². The monoisotopic (exact) mass is 284 g/mol. The molecule has 0 saturated heterocycles. The number of fused-ring (bicyclic) bond motifs is 1. The minimum Gasteiger partial charge on any atom is -0.478 e. The number of nitrogens with one attached hydrogen (secondary N) is 1. The van der Waals surface area contributed by atoms with Crippen LogP contribution >= 0.6 is 0 Å². The highest BCUT2D eigenvalue weighted by atomic mass is 19.1. The van der Waals surface area contributed by atoms with Crippen molar-refractivity contribution in [3.8, 4) is 11.4 Å². The molecule has 0 bridgehead atoms. The minimum atomic E-state index is -1.30. The molecule has 3 rings (SSSR count). The van der Waals surface area contributed by atoms with Gasteiger partial charge in [-0.05, 0) is 25.5 Å². The van der Waals surface area contributed by atoms with Gasteiger partial charge >= 0.3 is 5.97 Å². The molecule has 0 aliphatic carbocycles. The van der Waals surface area contributed by atoms with Crippen LogP contribution in [0.15, 0.2) is 30.3 Å². The van der Waals surface area contributed by atoms with Gasteiger partial charge in [0.2, 0.25) is 0 Å². The van der Waals surface area contributed by atoms with Crippen molar-refractivity contribution in [2.24, 2.45) is 0 Å². The van der Waals surface area contributed by atoms with Crippen molar-refractivity contribution in [3.05, 3.63) is 52.8 Å². The summed E-state index contributed by atoms with van der Waals surface area (Å²) in [4.78, 5) is 18.4. The van der Waals surface area contributed by atoms with Crippen LogP contribution < -0.4 is 0 Å². The molecule has 4 nitrogen and oxygen atoms in total. The van der Waals surface area contributed by atoms with E-state index in [-0.39, 0.29) is 5.56 Å². The summed E-state index contributed by atoms with van der Waals surface area (Å²) in [7, 11) is 0. The summed E-state index contributed by atoms with van der Waals surface area (Å²) in [5, 5.41) is 8.95. The van der Waals surface area contributed by atoms with Crippen LogP contribution in [-0.2, 0) is 0 Å². The Morgan fingerprint density at radius 1 is 1.24 bits per heavy atom. The quantitative estimate of drug-likeness (QED) is 0.754. The van der Waals surface area contributed by atoms with Crippen LogP contribution in [0.5, 0.6) is 0 Å². The van der Waals surface area contributed by atoms with Crippen molar-refractivity contribution in [2.45, 2.75) is 13.8 Å². The average molecular weight is 284 g/mol. The Labute approximate surface area is 120 Å². The number of imidazole rings is 1. The lowest BCUT2D eigenvalue weighted by molar-refractivity contribution is 0.0692. The van der Waals surface area contributed by atoms with Gasteiger partial charge in [-0.25, -0.2) is 14.2 Å². The Kier molecular flexibility index (Phi) is 2.97. The van der Waals surface area contributed by atoms with E-state index in [1.54, 1.807) is 0 Å². The smallest absolute Gasteiger partial charge is 0.338 e. The highest BCUT2D eigenvalue weighted by Gasteiger charge is 2.15. The van der Waals surface area contributed by atoms with Crippen LogP contribution in [0.3, 0.4) is 0 Å². The summed E-state index contributed by atoms with van der Waals surface area (Å²) in [6.07, 6.45) is 0. The maximum absolute atomic E-state index is 13.7. The fraction of sp³-hybridized carbons (Fsp3) is 0.125. The number of halogens is 1. The summed E-state index contributed by atoms with van der Waals surface area (Å²) in [6, 6.07) is 8.36. The van der Waals surface area contributed by atoms with Crippen LogP contribution in [0.4, 0.5) is 4.39 Å². The SMILES string of the molecule is Cc1ccc(-c2nc3cc(C(=O)O)c(F)cc3[nH]2)c(C)c1. The second-order valence-corrected chi connectivity index (χ2v) is 5.06. The van der Waals surface area contributed by atoms with Crippen molar-refractivity contribution >= 4 is 17.0 Å². The molecule has 0 radical (unpaired) electrons. The van der Waals surface area contributed by atoms with E-state index < -0.39 is 11.8 Å². The third-order valence-corrected chi connectivity index (χ3v) is 3.44. The van der Waals surface area contributed by atoms with E-state index in [2.05, 4.69) is 9.97 Å². The van der Waals surface area contributed by atoms with Gasteiger partial charge in [0, 0.05) is 11.6 Å². The Bertz CT molecular complexity index is 868. The predicted molar refractivity (Wildman–Crippen MR) is 77.9 cm³/mol.